The summed E-state index contributed by atoms with van der Waals surface area (Å²) >= 11 is 0. The van der Waals surface area contributed by atoms with Gasteiger partial charge in [0.1, 0.15) is 6.61 Å². The zero-order valence-corrected chi connectivity index (χ0v) is 10.1. The van der Waals surface area contributed by atoms with Gasteiger partial charge in [-0.15, -0.1) is 12.4 Å². The van der Waals surface area contributed by atoms with Gasteiger partial charge in [0.05, 0.1) is 0 Å². The van der Waals surface area contributed by atoms with Crippen molar-refractivity contribution < 1.29 is 14.1 Å². The Labute approximate surface area is 100 Å². The molecule has 0 aliphatic rings. The standard InChI is InChI=1S/C9H15N3O3.ClH/c1-10-3-4-11-9(13)8-5-7(6-14-2)15-12-8;/h5,10H,3-4,6H2,1-2H3,(H,11,13);1H. The molecule has 0 aliphatic heterocycles. The number of halogens is 1. The lowest BCUT2D eigenvalue weighted by Gasteiger charge is -2.00. The van der Waals surface area contributed by atoms with Crippen LogP contribution in [0.1, 0.15) is 16.2 Å². The summed E-state index contributed by atoms with van der Waals surface area (Å²) in [6.45, 7) is 1.59. The van der Waals surface area contributed by atoms with Gasteiger partial charge in [-0.1, -0.05) is 5.16 Å². The first kappa shape index (κ1) is 14.9. The van der Waals surface area contributed by atoms with Gasteiger partial charge in [-0.2, -0.15) is 0 Å². The van der Waals surface area contributed by atoms with Crippen molar-refractivity contribution >= 4 is 18.3 Å². The number of nitrogens with zero attached hydrogens (tertiary/aromatic N) is 1. The molecule has 1 amide bonds. The number of rotatable bonds is 6. The minimum absolute atomic E-state index is 0. The Morgan fingerprint density at radius 3 is 2.94 bits per heavy atom. The molecular weight excluding hydrogens is 234 g/mol. The van der Waals surface area contributed by atoms with Crippen LogP contribution in [0.2, 0.25) is 0 Å². The van der Waals surface area contributed by atoms with Crippen LogP contribution in [-0.2, 0) is 11.3 Å². The van der Waals surface area contributed by atoms with Gasteiger partial charge < -0.3 is 19.9 Å². The van der Waals surface area contributed by atoms with Crippen molar-refractivity contribution in [3.63, 3.8) is 0 Å². The lowest BCUT2D eigenvalue weighted by Crippen LogP contribution is -2.30. The fourth-order valence-electron chi connectivity index (χ4n) is 1.02. The molecule has 0 fully saturated rings. The molecule has 92 valence electrons. The molecule has 1 aromatic heterocycles. The summed E-state index contributed by atoms with van der Waals surface area (Å²) in [5.74, 6) is 0.299. The highest BCUT2D eigenvalue weighted by atomic mass is 35.5. The van der Waals surface area contributed by atoms with Crippen molar-refractivity contribution in [1.82, 2.24) is 15.8 Å². The lowest BCUT2D eigenvalue weighted by atomic mass is 10.3. The largest absolute Gasteiger partial charge is 0.377 e. The fraction of sp³-hybridized carbons (Fsp3) is 0.556. The van der Waals surface area contributed by atoms with E-state index in [-0.39, 0.29) is 24.0 Å². The maximum atomic E-state index is 11.4. The van der Waals surface area contributed by atoms with E-state index in [1.165, 1.54) is 0 Å². The first-order chi connectivity index (χ1) is 7.27. The zero-order chi connectivity index (χ0) is 11.1. The molecule has 1 aromatic rings. The molecule has 7 heteroatoms. The van der Waals surface area contributed by atoms with Gasteiger partial charge in [-0.3, -0.25) is 4.79 Å². The van der Waals surface area contributed by atoms with Crippen LogP contribution in [0.4, 0.5) is 0 Å². The van der Waals surface area contributed by atoms with E-state index >= 15 is 0 Å². The van der Waals surface area contributed by atoms with E-state index in [1.54, 1.807) is 13.2 Å². The van der Waals surface area contributed by atoms with Crippen LogP contribution in [0.5, 0.6) is 0 Å². The van der Waals surface area contributed by atoms with E-state index in [1.807, 2.05) is 7.05 Å². The normalized spacial score (nSPS) is 9.62. The van der Waals surface area contributed by atoms with Crippen LogP contribution in [0, 0.1) is 0 Å². The molecule has 1 heterocycles. The Hall–Kier alpha value is -1.11. The third-order valence-corrected chi connectivity index (χ3v) is 1.74. The summed E-state index contributed by atoms with van der Waals surface area (Å²) in [6, 6.07) is 1.57. The molecule has 0 unspecified atom stereocenters. The molecule has 0 atom stereocenters. The lowest BCUT2D eigenvalue weighted by molar-refractivity contribution is 0.0944. The molecule has 0 aromatic carbocycles. The van der Waals surface area contributed by atoms with Crippen molar-refractivity contribution in [2.45, 2.75) is 6.61 Å². The molecular formula is C9H16ClN3O3. The fourth-order valence-corrected chi connectivity index (χ4v) is 1.02. The molecule has 1 rings (SSSR count). The summed E-state index contributed by atoms with van der Waals surface area (Å²) in [6.07, 6.45) is 0. The number of hydrogen-bond donors (Lipinski definition) is 2. The first-order valence-electron chi connectivity index (χ1n) is 4.65. The molecule has 0 saturated heterocycles. The smallest absolute Gasteiger partial charge is 0.273 e. The van der Waals surface area contributed by atoms with E-state index in [9.17, 15) is 4.79 Å². The Balaban J connectivity index is 0.00000225. The average Bonchev–Trinajstić information content (AvgIpc) is 2.67. The number of nitrogens with one attached hydrogen (secondary N) is 2. The van der Waals surface area contributed by atoms with Gasteiger partial charge in [-0.05, 0) is 7.05 Å². The van der Waals surface area contributed by atoms with Gasteiger partial charge in [0.2, 0.25) is 0 Å². The van der Waals surface area contributed by atoms with Crippen LogP contribution in [0.25, 0.3) is 0 Å². The Bertz CT molecular complexity index is 317. The topological polar surface area (TPSA) is 76.4 Å². The van der Waals surface area contributed by atoms with E-state index < -0.39 is 0 Å². The zero-order valence-electron chi connectivity index (χ0n) is 9.28. The Morgan fingerprint density at radius 1 is 1.56 bits per heavy atom. The van der Waals surface area contributed by atoms with Crippen LogP contribution in [0.3, 0.4) is 0 Å². The molecule has 0 spiro atoms. The molecule has 6 nitrogen and oxygen atoms in total. The number of carbonyl (C=O) groups is 1. The van der Waals surface area contributed by atoms with Crippen molar-refractivity contribution in [3.05, 3.63) is 17.5 Å². The number of likely N-dealkylation sites (N-methyl/N-ethyl adjacent to an activating group) is 1. The quantitative estimate of drug-likeness (QED) is 0.704. The van der Waals surface area contributed by atoms with Gasteiger partial charge in [-0.25, -0.2) is 0 Å². The van der Waals surface area contributed by atoms with Gasteiger partial charge in [0.15, 0.2) is 11.5 Å². The maximum absolute atomic E-state index is 11.4. The summed E-state index contributed by atoms with van der Waals surface area (Å²) < 4.78 is 9.73. The molecule has 0 bridgehead atoms. The van der Waals surface area contributed by atoms with Crippen LogP contribution in [0.15, 0.2) is 10.6 Å². The summed E-state index contributed by atoms with van der Waals surface area (Å²) in [7, 11) is 3.37. The van der Waals surface area contributed by atoms with Gasteiger partial charge in [0.25, 0.3) is 5.91 Å². The molecule has 16 heavy (non-hydrogen) atoms. The van der Waals surface area contributed by atoms with E-state index in [4.69, 9.17) is 9.26 Å². The highest BCUT2D eigenvalue weighted by Crippen LogP contribution is 2.04. The highest BCUT2D eigenvalue weighted by molar-refractivity contribution is 5.92. The third-order valence-electron chi connectivity index (χ3n) is 1.74. The number of methoxy groups -OCH3 is 1. The second kappa shape index (κ2) is 8.09. The average molecular weight is 250 g/mol. The van der Waals surface area contributed by atoms with E-state index in [2.05, 4.69) is 15.8 Å². The predicted molar refractivity (Wildman–Crippen MR) is 60.7 cm³/mol. The van der Waals surface area contributed by atoms with Crippen molar-refractivity contribution in [2.24, 2.45) is 0 Å². The second-order valence-electron chi connectivity index (χ2n) is 2.97. The minimum atomic E-state index is -0.239. The number of carbonyl (C=O) groups excluding carboxylic acids is 1. The van der Waals surface area contributed by atoms with E-state index in [0.29, 0.717) is 25.5 Å². The highest BCUT2D eigenvalue weighted by Gasteiger charge is 2.11. The molecule has 2 N–H and O–H groups in total. The van der Waals surface area contributed by atoms with Crippen LogP contribution < -0.4 is 10.6 Å². The Kier molecular flexibility index (Phi) is 7.53. The number of ether oxygens (including phenoxy) is 1. The summed E-state index contributed by atoms with van der Waals surface area (Å²) in [5.41, 5.74) is 0.276. The number of amides is 1. The van der Waals surface area contributed by atoms with Gasteiger partial charge >= 0.3 is 0 Å². The minimum Gasteiger partial charge on any atom is -0.377 e. The summed E-state index contributed by atoms with van der Waals surface area (Å²) in [5, 5.41) is 9.24. The van der Waals surface area contributed by atoms with Gasteiger partial charge in [0, 0.05) is 26.3 Å². The number of aromatic nitrogens is 1. The van der Waals surface area contributed by atoms with Crippen molar-refractivity contribution in [2.75, 3.05) is 27.2 Å². The van der Waals surface area contributed by atoms with E-state index in [0.717, 1.165) is 0 Å². The monoisotopic (exact) mass is 249 g/mol. The Morgan fingerprint density at radius 2 is 2.31 bits per heavy atom. The summed E-state index contributed by atoms with van der Waals surface area (Å²) in [4.78, 5) is 11.4. The van der Waals surface area contributed by atoms with Crippen molar-refractivity contribution in [3.8, 4) is 0 Å². The molecule has 0 saturated carbocycles. The van der Waals surface area contributed by atoms with Crippen molar-refractivity contribution in [1.29, 1.82) is 0 Å². The SMILES string of the molecule is CNCCNC(=O)c1cc(COC)on1.Cl. The van der Waals surface area contributed by atoms with Crippen LogP contribution in [-0.4, -0.2) is 38.3 Å². The number of hydrogen-bond acceptors (Lipinski definition) is 5. The molecule has 0 aliphatic carbocycles. The first-order valence-corrected chi connectivity index (χ1v) is 4.65. The molecule has 0 radical (unpaired) electrons. The maximum Gasteiger partial charge on any atom is 0.273 e. The predicted octanol–water partition coefficient (Wildman–Crippen LogP) is 0.192. The second-order valence-corrected chi connectivity index (χ2v) is 2.97. The van der Waals surface area contributed by atoms with Crippen LogP contribution >= 0.6 is 12.4 Å². The third kappa shape index (κ3) is 4.61.